The second-order valence-electron chi connectivity index (χ2n) is 4.35. The second-order valence-corrected chi connectivity index (χ2v) is 4.35. The molecule has 1 aliphatic rings. The summed E-state index contributed by atoms with van der Waals surface area (Å²) < 4.78 is 13.4. The Morgan fingerprint density at radius 3 is 2.00 bits per heavy atom. The van der Waals surface area contributed by atoms with Crippen LogP contribution in [0.2, 0.25) is 0 Å². The van der Waals surface area contributed by atoms with Crippen LogP contribution in [0, 0.1) is 5.41 Å². The van der Waals surface area contributed by atoms with Crippen molar-refractivity contribution in [3.63, 3.8) is 0 Å². The van der Waals surface area contributed by atoms with E-state index in [0.29, 0.717) is 0 Å². The molecule has 0 saturated heterocycles. The summed E-state index contributed by atoms with van der Waals surface area (Å²) in [6, 6.07) is 0. The van der Waals surface area contributed by atoms with Gasteiger partial charge in [0.1, 0.15) is 5.67 Å². The van der Waals surface area contributed by atoms with Crippen molar-refractivity contribution in [2.24, 2.45) is 5.41 Å². The Labute approximate surface area is 69.2 Å². The summed E-state index contributed by atoms with van der Waals surface area (Å²) in [6.07, 6.45) is 4.61. The summed E-state index contributed by atoms with van der Waals surface area (Å²) in [6.45, 7) is 6.52. The van der Waals surface area contributed by atoms with Crippen molar-refractivity contribution in [2.45, 2.75) is 58.5 Å². The fourth-order valence-electron chi connectivity index (χ4n) is 1.58. The van der Waals surface area contributed by atoms with Gasteiger partial charge in [0.15, 0.2) is 0 Å². The molecule has 0 nitrogen and oxygen atoms in total. The first-order valence-electron chi connectivity index (χ1n) is 4.72. The smallest absolute Gasteiger partial charge is 0.111 e. The molecule has 0 atom stereocenters. The highest BCUT2D eigenvalue weighted by atomic mass is 19.1. The van der Waals surface area contributed by atoms with E-state index in [9.17, 15) is 4.39 Å². The summed E-state index contributed by atoms with van der Waals surface area (Å²) in [5, 5.41) is 0. The molecular formula is C10H19F. The third kappa shape index (κ3) is 2.18. The van der Waals surface area contributed by atoms with Gasteiger partial charge in [0.2, 0.25) is 0 Å². The molecule has 11 heavy (non-hydrogen) atoms. The normalized spacial score (nSPS) is 21.8. The minimum Gasteiger partial charge on any atom is -0.244 e. The maximum absolute atomic E-state index is 13.4. The SMILES string of the molecule is CCC(C)(CC)CC1(F)CC1. The fraction of sp³-hybridized carbons (Fsp3) is 1.00. The lowest BCUT2D eigenvalue weighted by atomic mass is 9.79. The van der Waals surface area contributed by atoms with Crippen molar-refractivity contribution >= 4 is 0 Å². The predicted molar refractivity (Wildman–Crippen MR) is 46.4 cm³/mol. The largest absolute Gasteiger partial charge is 0.244 e. The minimum absolute atomic E-state index is 0.255. The molecule has 0 spiro atoms. The van der Waals surface area contributed by atoms with Gasteiger partial charge < -0.3 is 0 Å². The molecule has 0 aromatic heterocycles. The van der Waals surface area contributed by atoms with Crippen molar-refractivity contribution < 1.29 is 4.39 Å². The Morgan fingerprint density at radius 1 is 1.27 bits per heavy atom. The standard InChI is InChI=1S/C10H19F/c1-4-9(3,5-2)8-10(11)6-7-10/h4-8H2,1-3H3. The van der Waals surface area contributed by atoms with Crippen LogP contribution in [0.25, 0.3) is 0 Å². The summed E-state index contributed by atoms with van der Waals surface area (Å²) in [5.41, 5.74) is -0.508. The highest BCUT2D eigenvalue weighted by Crippen LogP contribution is 2.50. The quantitative estimate of drug-likeness (QED) is 0.585. The summed E-state index contributed by atoms with van der Waals surface area (Å²) in [7, 11) is 0. The highest BCUT2D eigenvalue weighted by molar-refractivity contribution is 4.98. The van der Waals surface area contributed by atoms with Crippen LogP contribution in [0.3, 0.4) is 0 Å². The zero-order valence-corrected chi connectivity index (χ0v) is 7.91. The van der Waals surface area contributed by atoms with Gasteiger partial charge in [-0.05, 0) is 24.7 Å². The van der Waals surface area contributed by atoms with Gasteiger partial charge >= 0.3 is 0 Å². The summed E-state index contributed by atoms with van der Waals surface area (Å²) in [4.78, 5) is 0. The van der Waals surface area contributed by atoms with Crippen molar-refractivity contribution in [1.29, 1.82) is 0 Å². The molecule has 1 saturated carbocycles. The van der Waals surface area contributed by atoms with Gasteiger partial charge in [0.05, 0.1) is 0 Å². The van der Waals surface area contributed by atoms with Crippen LogP contribution in [-0.2, 0) is 0 Å². The maximum Gasteiger partial charge on any atom is 0.111 e. The van der Waals surface area contributed by atoms with Crippen molar-refractivity contribution in [3.8, 4) is 0 Å². The van der Waals surface area contributed by atoms with Gasteiger partial charge in [-0.3, -0.25) is 0 Å². The van der Waals surface area contributed by atoms with Gasteiger partial charge in [0, 0.05) is 0 Å². The van der Waals surface area contributed by atoms with E-state index in [-0.39, 0.29) is 5.41 Å². The minimum atomic E-state index is -0.763. The van der Waals surface area contributed by atoms with Gasteiger partial charge in [0.25, 0.3) is 0 Å². The molecule has 0 aromatic carbocycles. The lowest BCUT2D eigenvalue weighted by Crippen LogP contribution is -2.20. The van der Waals surface area contributed by atoms with E-state index in [4.69, 9.17) is 0 Å². The Kier molecular flexibility index (Phi) is 2.27. The van der Waals surface area contributed by atoms with Crippen LogP contribution in [0.15, 0.2) is 0 Å². The molecule has 0 amide bonds. The average Bonchev–Trinajstić information content (AvgIpc) is 2.68. The third-order valence-corrected chi connectivity index (χ3v) is 3.24. The zero-order valence-electron chi connectivity index (χ0n) is 7.91. The molecular weight excluding hydrogens is 139 g/mol. The highest BCUT2D eigenvalue weighted by Gasteiger charge is 2.46. The molecule has 0 bridgehead atoms. The first-order valence-corrected chi connectivity index (χ1v) is 4.72. The lowest BCUT2D eigenvalue weighted by molar-refractivity contribution is 0.163. The molecule has 0 radical (unpaired) electrons. The second kappa shape index (κ2) is 2.76. The van der Waals surface area contributed by atoms with E-state index in [2.05, 4.69) is 20.8 Å². The van der Waals surface area contributed by atoms with Gasteiger partial charge in [-0.15, -0.1) is 0 Å². The molecule has 0 heterocycles. The van der Waals surface area contributed by atoms with Crippen LogP contribution in [0.1, 0.15) is 52.9 Å². The monoisotopic (exact) mass is 158 g/mol. The molecule has 1 fully saturated rings. The van der Waals surface area contributed by atoms with Gasteiger partial charge in [-0.2, -0.15) is 0 Å². The first kappa shape index (κ1) is 9.02. The van der Waals surface area contributed by atoms with E-state index < -0.39 is 5.67 Å². The van der Waals surface area contributed by atoms with Crippen LogP contribution >= 0.6 is 0 Å². The number of hydrogen-bond acceptors (Lipinski definition) is 0. The number of hydrogen-bond donors (Lipinski definition) is 0. The topological polar surface area (TPSA) is 0 Å². The molecule has 1 rings (SSSR count). The van der Waals surface area contributed by atoms with Crippen LogP contribution in [0.5, 0.6) is 0 Å². The van der Waals surface area contributed by atoms with Crippen molar-refractivity contribution in [1.82, 2.24) is 0 Å². The Hall–Kier alpha value is -0.0700. The average molecular weight is 158 g/mol. The summed E-state index contributed by atoms with van der Waals surface area (Å²) in [5.74, 6) is 0. The molecule has 1 heteroatoms. The predicted octanol–water partition coefficient (Wildman–Crippen LogP) is 3.70. The van der Waals surface area contributed by atoms with Gasteiger partial charge in [-0.1, -0.05) is 33.6 Å². The number of rotatable bonds is 4. The van der Waals surface area contributed by atoms with E-state index in [1.807, 2.05) is 0 Å². The molecule has 66 valence electrons. The molecule has 0 N–H and O–H groups in total. The maximum atomic E-state index is 13.4. The van der Waals surface area contributed by atoms with Crippen molar-refractivity contribution in [2.75, 3.05) is 0 Å². The molecule has 0 aliphatic heterocycles. The van der Waals surface area contributed by atoms with Crippen LogP contribution < -0.4 is 0 Å². The zero-order chi connectivity index (χ0) is 8.54. The number of halogens is 1. The van der Waals surface area contributed by atoms with E-state index in [1.54, 1.807) is 0 Å². The third-order valence-electron chi connectivity index (χ3n) is 3.24. The fourth-order valence-corrected chi connectivity index (χ4v) is 1.58. The van der Waals surface area contributed by atoms with Crippen LogP contribution in [0.4, 0.5) is 4.39 Å². The van der Waals surface area contributed by atoms with E-state index in [0.717, 1.165) is 32.1 Å². The Bertz CT molecular complexity index is 132. The van der Waals surface area contributed by atoms with Crippen LogP contribution in [-0.4, -0.2) is 5.67 Å². The van der Waals surface area contributed by atoms with E-state index in [1.165, 1.54) is 0 Å². The first-order chi connectivity index (χ1) is 5.04. The molecule has 1 aliphatic carbocycles. The molecule has 0 unspecified atom stereocenters. The Balaban J connectivity index is 2.43. The summed E-state index contributed by atoms with van der Waals surface area (Å²) >= 11 is 0. The van der Waals surface area contributed by atoms with Gasteiger partial charge in [-0.25, -0.2) is 4.39 Å². The van der Waals surface area contributed by atoms with Crippen molar-refractivity contribution in [3.05, 3.63) is 0 Å². The lowest BCUT2D eigenvalue weighted by Gasteiger charge is -2.28. The number of alkyl halides is 1. The molecule has 0 aromatic rings. The van der Waals surface area contributed by atoms with E-state index >= 15 is 0 Å². The Morgan fingerprint density at radius 2 is 1.73 bits per heavy atom.